The molecule has 5 nitrogen and oxygen atoms in total. The lowest BCUT2D eigenvalue weighted by Gasteiger charge is -2.06. The second kappa shape index (κ2) is 4.55. The highest BCUT2D eigenvalue weighted by molar-refractivity contribution is 7.96. The smallest absolute Gasteiger partial charge is 0.337 e. The van der Waals surface area contributed by atoms with Gasteiger partial charge in [0.2, 0.25) is 9.84 Å². The minimum Gasteiger partial charge on any atom is -0.478 e. The molecule has 1 aromatic rings. The second-order valence-corrected chi connectivity index (χ2v) is 5.86. The highest BCUT2D eigenvalue weighted by atomic mass is 32.2. The van der Waals surface area contributed by atoms with Crippen LogP contribution < -0.4 is 5.32 Å². The summed E-state index contributed by atoms with van der Waals surface area (Å²) < 4.78 is 24.5. The maximum Gasteiger partial charge on any atom is 0.337 e. The van der Waals surface area contributed by atoms with Crippen molar-refractivity contribution in [2.75, 3.05) is 13.1 Å². The topological polar surface area (TPSA) is 83.5 Å². The Morgan fingerprint density at radius 1 is 1.39 bits per heavy atom. The molecule has 0 unspecified atom stereocenters. The molecule has 0 fully saturated rings. The number of nitrogens with one attached hydrogen (secondary N) is 1. The number of likely N-dealkylation sites (N-methyl/N-ethyl adjacent to an activating group) is 1. The molecule has 1 aromatic carbocycles. The summed E-state index contributed by atoms with van der Waals surface area (Å²) in [7, 11) is -3.68. The van der Waals surface area contributed by atoms with Gasteiger partial charge >= 0.3 is 5.97 Å². The van der Waals surface area contributed by atoms with Crippen LogP contribution in [0.15, 0.2) is 28.0 Å². The molecule has 0 spiro atoms. The van der Waals surface area contributed by atoms with E-state index in [0.717, 1.165) is 0 Å². The van der Waals surface area contributed by atoms with E-state index in [2.05, 4.69) is 5.32 Å². The minimum absolute atomic E-state index is 0.0922. The van der Waals surface area contributed by atoms with Crippen LogP contribution in [0.25, 0.3) is 6.08 Å². The Hall–Kier alpha value is -1.66. The Kier molecular flexibility index (Phi) is 3.23. The van der Waals surface area contributed by atoms with Crippen LogP contribution in [0.4, 0.5) is 0 Å². The van der Waals surface area contributed by atoms with E-state index in [9.17, 15) is 13.2 Å². The lowest BCUT2D eigenvalue weighted by Crippen LogP contribution is -2.20. The zero-order valence-corrected chi connectivity index (χ0v) is 10.6. The van der Waals surface area contributed by atoms with Gasteiger partial charge in [-0.1, -0.05) is 19.1 Å². The minimum atomic E-state index is -3.68. The van der Waals surface area contributed by atoms with Gasteiger partial charge in [-0.15, -0.1) is 0 Å². The van der Waals surface area contributed by atoms with E-state index in [1.54, 1.807) is 12.1 Å². The van der Waals surface area contributed by atoms with Gasteiger partial charge in [-0.05, 0) is 24.3 Å². The summed E-state index contributed by atoms with van der Waals surface area (Å²) >= 11 is 0. The molecule has 0 atom stereocenters. The first-order valence-corrected chi connectivity index (χ1v) is 6.99. The summed E-state index contributed by atoms with van der Waals surface area (Å²) in [5.41, 5.74) is 0.276. The summed E-state index contributed by atoms with van der Waals surface area (Å²) in [6.07, 6.45) is 1.53. The SMILES string of the molecule is CCNCC1=Cc2cccc(C(=O)O)c2S1(=O)=O. The highest BCUT2D eigenvalue weighted by Gasteiger charge is 2.33. The molecule has 0 bridgehead atoms. The Morgan fingerprint density at radius 2 is 2.11 bits per heavy atom. The van der Waals surface area contributed by atoms with Crippen molar-refractivity contribution in [1.29, 1.82) is 0 Å². The molecular formula is C12H13NO4S. The molecule has 1 aliphatic heterocycles. The number of carboxylic acids is 1. The van der Waals surface area contributed by atoms with Gasteiger partial charge in [0.15, 0.2) is 0 Å². The number of rotatable bonds is 4. The number of sulfone groups is 1. The third-order valence-corrected chi connectivity index (χ3v) is 4.70. The van der Waals surface area contributed by atoms with Gasteiger partial charge in [0.1, 0.15) is 0 Å². The van der Waals surface area contributed by atoms with E-state index in [1.165, 1.54) is 12.1 Å². The third kappa shape index (κ3) is 1.93. The lowest BCUT2D eigenvalue weighted by atomic mass is 10.1. The molecule has 0 saturated heterocycles. The number of aromatic carboxylic acids is 1. The lowest BCUT2D eigenvalue weighted by molar-refractivity contribution is 0.0692. The quantitative estimate of drug-likeness (QED) is 0.854. The maximum absolute atomic E-state index is 12.2. The second-order valence-electron chi connectivity index (χ2n) is 3.92. The molecule has 6 heteroatoms. The van der Waals surface area contributed by atoms with E-state index in [0.29, 0.717) is 12.1 Å². The summed E-state index contributed by atoms with van der Waals surface area (Å²) in [5, 5.41) is 12.0. The van der Waals surface area contributed by atoms with Gasteiger partial charge in [0.05, 0.1) is 15.4 Å². The van der Waals surface area contributed by atoms with Crippen molar-refractivity contribution in [3.05, 3.63) is 34.2 Å². The van der Waals surface area contributed by atoms with Crippen molar-refractivity contribution in [2.24, 2.45) is 0 Å². The molecule has 2 N–H and O–H groups in total. The normalized spacial score (nSPS) is 16.2. The largest absolute Gasteiger partial charge is 0.478 e. The average Bonchev–Trinajstić information content (AvgIpc) is 2.58. The predicted octanol–water partition coefficient (Wildman–Crippen LogP) is 1.12. The molecule has 18 heavy (non-hydrogen) atoms. The molecule has 1 aliphatic rings. The fourth-order valence-electron chi connectivity index (χ4n) is 1.91. The van der Waals surface area contributed by atoms with E-state index in [1.807, 2.05) is 6.92 Å². The monoisotopic (exact) mass is 267 g/mol. The van der Waals surface area contributed by atoms with Crippen molar-refractivity contribution >= 4 is 21.9 Å². The number of hydrogen-bond donors (Lipinski definition) is 2. The summed E-state index contributed by atoms with van der Waals surface area (Å²) in [6, 6.07) is 4.46. The average molecular weight is 267 g/mol. The number of hydrogen-bond acceptors (Lipinski definition) is 4. The van der Waals surface area contributed by atoms with Crippen LogP contribution in [0.3, 0.4) is 0 Å². The fraction of sp³-hybridized carbons (Fsp3) is 0.250. The van der Waals surface area contributed by atoms with E-state index in [4.69, 9.17) is 5.11 Å². The van der Waals surface area contributed by atoms with Crippen LogP contribution in [0, 0.1) is 0 Å². The van der Waals surface area contributed by atoms with Gasteiger partial charge < -0.3 is 10.4 Å². The molecule has 0 radical (unpaired) electrons. The Labute approximate surface area is 105 Å². The van der Waals surface area contributed by atoms with Gasteiger partial charge in [-0.2, -0.15) is 0 Å². The number of carbonyl (C=O) groups is 1. The van der Waals surface area contributed by atoms with Crippen LogP contribution in [-0.2, 0) is 9.84 Å². The van der Waals surface area contributed by atoms with Gasteiger partial charge in [-0.25, -0.2) is 13.2 Å². The standard InChI is InChI=1S/C12H13NO4S/c1-2-13-7-9-6-8-4-3-5-10(12(14)15)11(8)18(9,16)17/h3-6,13H,2,7H2,1H3,(H,14,15). The van der Waals surface area contributed by atoms with Gasteiger partial charge in [0.25, 0.3) is 0 Å². The zero-order valence-electron chi connectivity index (χ0n) is 9.80. The third-order valence-electron chi connectivity index (χ3n) is 2.76. The number of fused-ring (bicyclic) bond motifs is 1. The number of benzene rings is 1. The number of carboxylic acid groups (broad SMARTS) is 1. The molecule has 0 saturated carbocycles. The van der Waals surface area contributed by atoms with Crippen LogP contribution in [0.5, 0.6) is 0 Å². The summed E-state index contributed by atoms with van der Waals surface area (Å²) in [5.74, 6) is -1.23. The Morgan fingerprint density at radius 3 is 2.72 bits per heavy atom. The van der Waals surface area contributed by atoms with Crippen molar-refractivity contribution in [3.63, 3.8) is 0 Å². The maximum atomic E-state index is 12.2. The first kappa shape index (κ1) is 12.8. The molecule has 0 amide bonds. The first-order chi connectivity index (χ1) is 8.48. The Bertz CT molecular complexity index is 631. The first-order valence-electron chi connectivity index (χ1n) is 5.51. The molecule has 2 rings (SSSR count). The molecule has 1 heterocycles. The van der Waals surface area contributed by atoms with Crippen LogP contribution in [0.1, 0.15) is 22.8 Å². The Balaban J connectivity index is 2.55. The predicted molar refractivity (Wildman–Crippen MR) is 67.1 cm³/mol. The van der Waals surface area contributed by atoms with E-state index >= 15 is 0 Å². The van der Waals surface area contributed by atoms with E-state index < -0.39 is 15.8 Å². The van der Waals surface area contributed by atoms with Crippen LogP contribution >= 0.6 is 0 Å². The van der Waals surface area contributed by atoms with Gasteiger partial charge in [0, 0.05) is 6.54 Å². The molecular weight excluding hydrogens is 254 g/mol. The molecule has 0 aromatic heterocycles. The van der Waals surface area contributed by atoms with Crippen molar-refractivity contribution in [3.8, 4) is 0 Å². The molecule has 0 aliphatic carbocycles. The van der Waals surface area contributed by atoms with Crippen molar-refractivity contribution in [2.45, 2.75) is 11.8 Å². The summed E-state index contributed by atoms with van der Waals surface area (Å²) in [4.78, 5) is 11.2. The van der Waals surface area contributed by atoms with Crippen molar-refractivity contribution in [1.82, 2.24) is 5.32 Å². The van der Waals surface area contributed by atoms with Crippen LogP contribution in [0.2, 0.25) is 0 Å². The zero-order chi connectivity index (χ0) is 13.3. The van der Waals surface area contributed by atoms with Crippen LogP contribution in [-0.4, -0.2) is 32.6 Å². The highest BCUT2D eigenvalue weighted by Crippen LogP contribution is 2.34. The van der Waals surface area contributed by atoms with E-state index in [-0.39, 0.29) is 21.9 Å². The molecule has 96 valence electrons. The summed E-state index contributed by atoms with van der Waals surface area (Å²) in [6.45, 7) is 2.74. The van der Waals surface area contributed by atoms with Crippen molar-refractivity contribution < 1.29 is 18.3 Å². The van der Waals surface area contributed by atoms with Gasteiger partial charge in [-0.3, -0.25) is 0 Å². The fourth-order valence-corrected chi connectivity index (χ4v) is 3.63.